The third-order valence-corrected chi connectivity index (χ3v) is 5.21. The maximum Gasteiger partial charge on any atom is 0.267 e. The largest absolute Gasteiger partial charge is 0.326 e. The molecule has 1 aliphatic rings. The minimum Gasteiger partial charge on any atom is -0.326 e. The van der Waals surface area contributed by atoms with Crippen molar-refractivity contribution in [1.29, 1.82) is 0 Å². The monoisotopic (exact) mass is 329 g/mol. The second-order valence-electron chi connectivity index (χ2n) is 6.73. The van der Waals surface area contributed by atoms with Crippen LogP contribution < -0.4 is 10.6 Å². The molecule has 6 heteroatoms. The van der Waals surface area contributed by atoms with Crippen LogP contribution in [-0.4, -0.2) is 16.8 Å². The van der Waals surface area contributed by atoms with Crippen molar-refractivity contribution in [3.05, 3.63) is 39.3 Å². The highest BCUT2D eigenvalue weighted by molar-refractivity contribution is 7.14. The summed E-state index contributed by atoms with van der Waals surface area (Å²) in [5, 5.41) is 6.63. The van der Waals surface area contributed by atoms with Gasteiger partial charge in [0.2, 0.25) is 5.91 Å². The number of hydrogen-bond donors (Lipinski definition) is 2. The van der Waals surface area contributed by atoms with Gasteiger partial charge < -0.3 is 10.6 Å². The number of rotatable bonds is 2. The molecule has 1 aromatic heterocycles. The molecule has 1 aliphatic heterocycles. The Labute approximate surface area is 139 Å². The van der Waals surface area contributed by atoms with Crippen LogP contribution in [0.1, 0.15) is 46.7 Å². The van der Waals surface area contributed by atoms with Gasteiger partial charge in [0.1, 0.15) is 4.88 Å². The number of carbonyl (C=O) groups excluding carboxylic acids is 2. The zero-order valence-corrected chi connectivity index (χ0v) is 14.4. The van der Waals surface area contributed by atoms with E-state index < -0.39 is 0 Å². The standard InChI is InChI=1S/C17H19N3O2S/c1-9-14(23-16(18-9)17(2,3)4)15(22)19-11-5-6-12-10(7-11)8-13(21)20-12/h5-7H,8H2,1-4H3,(H,19,22)(H,20,21). The van der Waals surface area contributed by atoms with Crippen molar-refractivity contribution in [1.82, 2.24) is 4.98 Å². The van der Waals surface area contributed by atoms with Gasteiger partial charge in [-0.05, 0) is 30.7 Å². The maximum atomic E-state index is 12.5. The summed E-state index contributed by atoms with van der Waals surface area (Å²) in [5.74, 6) is -0.177. The second kappa shape index (κ2) is 5.45. The molecule has 0 saturated heterocycles. The number of amides is 2. The van der Waals surface area contributed by atoms with Crippen molar-refractivity contribution in [3.8, 4) is 0 Å². The van der Waals surface area contributed by atoms with Crippen molar-refractivity contribution >= 4 is 34.5 Å². The lowest BCUT2D eigenvalue weighted by Crippen LogP contribution is -2.11. The molecular formula is C17H19N3O2S. The average Bonchev–Trinajstić information content (AvgIpc) is 2.99. The van der Waals surface area contributed by atoms with Crippen molar-refractivity contribution < 1.29 is 9.59 Å². The highest BCUT2D eigenvalue weighted by Gasteiger charge is 2.23. The van der Waals surface area contributed by atoms with Gasteiger partial charge in [-0.15, -0.1) is 11.3 Å². The van der Waals surface area contributed by atoms with E-state index in [1.807, 2.05) is 19.1 Å². The van der Waals surface area contributed by atoms with E-state index in [9.17, 15) is 9.59 Å². The topological polar surface area (TPSA) is 71.1 Å². The molecule has 5 nitrogen and oxygen atoms in total. The molecule has 0 saturated carbocycles. The van der Waals surface area contributed by atoms with Crippen LogP contribution >= 0.6 is 11.3 Å². The lowest BCUT2D eigenvalue weighted by atomic mass is 9.98. The molecular weight excluding hydrogens is 310 g/mol. The van der Waals surface area contributed by atoms with Crippen LogP contribution in [0.15, 0.2) is 18.2 Å². The minimum atomic E-state index is -0.160. The highest BCUT2D eigenvalue weighted by Crippen LogP contribution is 2.30. The fourth-order valence-corrected chi connectivity index (χ4v) is 3.44. The van der Waals surface area contributed by atoms with Crippen LogP contribution in [-0.2, 0) is 16.6 Å². The quantitative estimate of drug-likeness (QED) is 0.886. The summed E-state index contributed by atoms with van der Waals surface area (Å²) in [6.07, 6.45) is 0.354. The molecule has 23 heavy (non-hydrogen) atoms. The van der Waals surface area contributed by atoms with Gasteiger partial charge >= 0.3 is 0 Å². The van der Waals surface area contributed by atoms with E-state index in [4.69, 9.17) is 0 Å². The number of aryl methyl sites for hydroxylation is 1. The SMILES string of the molecule is Cc1nc(C(C)(C)C)sc1C(=O)Nc1ccc2c(c1)CC(=O)N2. The van der Waals surface area contributed by atoms with Crippen LogP contribution in [0.5, 0.6) is 0 Å². The van der Waals surface area contributed by atoms with Crippen LogP contribution in [0, 0.1) is 6.92 Å². The first kappa shape index (κ1) is 15.7. The third-order valence-electron chi connectivity index (χ3n) is 3.63. The number of benzene rings is 1. The number of thiazole rings is 1. The fourth-order valence-electron chi connectivity index (χ4n) is 2.42. The van der Waals surface area contributed by atoms with Gasteiger partial charge in [-0.3, -0.25) is 9.59 Å². The fraction of sp³-hybridized carbons (Fsp3) is 0.353. The normalized spacial score (nSPS) is 13.7. The van der Waals surface area contributed by atoms with Crippen molar-refractivity contribution in [2.24, 2.45) is 0 Å². The zero-order chi connectivity index (χ0) is 16.8. The molecule has 120 valence electrons. The summed E-state index contributed by atoms with van der Waals surface area (Å²) in [7, 11) is 0. The molecule has 0 bridgehead atoms. The predicted molar refractivity (Wildman–Crippen MR) is 92.3 cm³/mol. The Morgan fingerprint density at radius 3 is 2.74 bits per heavy atom. The summed E-state index contributed by atoms with van der Waals surface area (Å²) in [4.78, 5) is 29.1. The molecule has 2 amide bonds. The molecule has 0 aliphatic carbocycles. The highest BCUT2D eigenvalue weighted by atomic mass is 32.1. The van der Waals surface area contributed by atoms with Gasteiger partial charge in [0.15, 0.2) is 0 Å². The number of nitrogens with zero attached hydrogens (tertiary/aromatic N) is 1. The van der Waals surface area contributed by atoms with E-state index in [-0.39, 0.29) is 17.2 Å². The Morgan fingerprint density at radius 2 is 2.09 bits per heavy atom. The molecule has 1 aromatic carbocycles. The first-order chi connectivity index (χ1) is 10.7. The van der Waals surface area contributed by atoms with Crippen LogP contribution in [0.25, 0.3) is 0 Å². The Hall–Kier alpha value is -2.21. The van der Waals surface area contributed by atoms with E-state index in [0.29, 0.717) is 17.0 Å². The number of aromatic nitrogens is 1. The molecule has 2 aromatic rings. The molecule has 0 spiro atoms. The summed E-state index contributed by atoms with van der Waals surface area (Å²) in [5.41, 5.74) is 3.08. The Morgan fingerprint density at radius 1 is 1.35 bits per heavy atom. The van der Waals surface area contributed by atoms with E-state index in [2.05, 4.69) is 36.4 Å². The zero-order valence-electron chi connectivity index (χ0n) is 13.6. The lowest BCUT2D eigenvalue weighted by molar-refractivity contribution is -0.115. The first-order valence-corrected chi connectivity index (χ1v) is 8.28. The van der Waals surface area contributed by atoms with Gasteiger partial charge in [0, 0.05) is 16.8 Å². The predicted octanol–water partition coefficient (Wildman–Crippen LogP) is 3.50. The number of carbonyl (C=O) groups is 2. The maximum absolute atomic E-state index is 12.5. The number of anilines is 2. The van der Waals surface area contributed by atoms with Crippen molar-refractivity contribution in [3.63, 3.8) is 0 Å². The molecule has 0 radical (unpaired) electrons. The summed E-state index contributed by atoms with van der Waals surface area (Å²) < 4.78 is 0. The van der Waals surface area contributed by atoms with Gasteiger partial charge in [0.05, 0.1) is 17.1 Å². The van der Waals surface area contributed by atoms with Gasteiger partial charge in [0.25, 0.3) is 5.91 Å². The summed E-state index contributed by atoms with van der Waals surface area (Å²) in [6, 6.07) is 5.45. The molecule has 0 unspecified atom stereocenters. The second-order valence-corrected chi connectivity index (χ2v) is 7.73. The van der Waals surface area contributed by atoms with Crippen LogP contribution in [0.3, 0.4) is 0 Å². The Bertz CT molecular complexity index is 803. The number of fused-ring (bicyclic) bond motifs is 1. The molecule has 0 fully saturated rings. The smallest absolute Gasteiger partial charge is 0.267 e. The van der Waals surface area contributed by atoms with E-state index in [0.717, 1.165) is 22.0 Å². The van der Waals surface area contributed by atoms with E-state index >= 15 is 0 Å². The first-order valence-electron chi connectivity index (χ1n) is 7.46. The summed E-state index contributed by atoms with van der Waals surface area (Å²) >= 11 is 1.43. The molecule has 2 heterocycles. The van der Waals surface area contributed by atoms with Gasteiger partial charge in [-0.1, -0.05) is 20.8 Å². The third kappa shape index (κ3) is 3.12. The Kier molecular flexibility index (Phi) is 3.72. The lowest BCUT2D eigenvalue weighted by Gasteiger charge is -2.13. The van der Waals surface area contributed by atoms with Gasteiger partial charge in [-0.2, -0.15) is 0 Å². The van der Waals surface area contributed by atoms with Crippen molar-refractivity contribution in [2.75, 3.05) is 10.6 Å². The van der Waals surface area contributed by atoms with Crippen molar-refractivity contribution in [2.45, 2.75) is 39.5 Å². The summed E-state index contributed by atoms with van der Waals surface area (Å²) in [6.45, 7) is 8.10. The molecule has 0 atom stereocenters. The number of hydrogen-bond acceptors (Lipinski definition) is 4. The average molecular weight is 329 g/mol. The van der Waals surface area contributed by atoms with E-state index in [1.165, 1.54) is 11.3 Å². The molecule has 3 rings (SSSR count). The van der Waals surface area contributed by atoms with Crippen LogP contribution in [0.2, 0.25) is 0 Å². The van der Waals surface area contributed by atoms with Gasteiger partial charge in [-0.25, -0.2) is 4.98 Å². The Balaban J connectivity index is 1.82. The molecule has 2 N–H and O–H groups in total. The van der Waals surface area contributed by atoms with Crippen LogP contribution in [0.4, 0.5) is 11.4 Å². The van der Waals surface area contributed by atoms with E-state index in [1.54, 1.807) is 6.07 Å². The minimum absolute atomic E-state index is 0.0170. The number of nitrogens with one attached hydrogen (secondary N) is 2.